The number of aromatic nitrogens is 1. The van der Waals surface area contributed by atoms with Crippen molar-refractivity contribution >= 4 is 33.2 Å². The normalized spacial score (nSPS) is 11.7. The zero-order valence-corrected chi connectivity index (χ0v) is 14.3. The van der Waals surface area contributed by atoms with Gasteiger partial charge in [0.1, 0.15) is 0 Å². The molecule has 0 saturated carbocycles. The van der Waals surface area contributed by atoms with E-state index in [1.165, 1.54) is 10.6 Å². The maximum Gasteiger partial charge on any atom is 0.194 e. The maximum atomic E-state index is 4.34. The van der Waals surface area contributed by atoms with Crippen LogP contribution >= 0.6 is 27.3 Å². The number of hydrogen-bond donors (Lipinski definition) is 1. The van der Waals surface area contributed by atoms with Crippen molar-refractivity contribution < 1.29 is 0 Å². The Bertz CT molecular complexity index is 588. The van der Waals surface area contributed by atoms with Gasteiger partial charge >= 0.3 is 0 Å². The maximum absolute atomic E-state index is 4.34. The van der Waals surface area contributed by atoms with Gasteiger partial charge in [0.15, 0.2) is 5.96 Å². The summed E-state index contributed by atoms with van der Waals surface area (Å²) in [5.74, 6) is 0.899. The highest BCUT2D eigenvalue weighted by Gasteiger charge is 2.08. The second kappa shape index (κ2) is 6.95. The van der Waals surface area contributed by atoms with E-state index in [0.717, 1.165) is 23.5 Å². The first-order valence-corrected chi connectivity index (χ1v) is 8.02. The topological polar surface area (TPSA) is 32.6 Å². The Kier molecular flexibility index (Phi) is 5.25. The minimum atomic E-state index is 0.792. The molecule has 6 heteroatoms. The Balaban J connectivity index is 1.93. The van der Waals surface area contributed by atoms with E-state index in [9.17, 15) is 0 Å². The van der Waals surface area contributed by atoms with Crippen LogP contribution in [-0.4, -0.2) is 29.5 Å². The van der Waals surface area contributed by atoms with Crippen LogP contribution in [-0.2, 0) is 20.1 Å². The van der Waals surface area contributed by atoms with Crippen LogP contribution in [0.1, 0.15) is 10.6 Å². The zero-order chi connectivity index (χ0) is 14.5. The molecule has 2 aromatic rings. The summed E-state index contributed by atoms with van der Waals surface area (Å²) in [4.78, 5) is 7.74. The summed E-state index contributed by atoms with van der Waals surface area (Å²) in [6.07, 6.45) is 2.06. The van der Waals surface area contributed by atoms with Crippen molar-refractivity contribution in [3.8, 4) is 0 Å². The number of aliphatic imine (C=N–C) groups is 1. The zero-order valence-electron chi connectivity index (χ0n) is 11.9. The van der Waals surface area contributed by atoms with Crippen molar-refractivity contribution in [2.24, 2.45) is 12.0 Å². The molecule has 0 saturated heterocycles. The Morgan fingerprint density at radius 1 is 1.55 bits per heavy atom. The van der Waals surface area contributed by atoms with Crippen LogP contribution in [0.2, 0.25) is 0 Å². The molecule has 4 nitrogen and oxygen atoms in total. The fraction of sp³-hybridized carbons (Fsp3) is 0.357. The lowest BCUT2D eigenvalue weighted by molar-refractivity contribution is 0.462. The SMILES string of the molecule is CN=C(NCc1cc(Br)cs1)N(C)Cc1cccn1C. The molecule has 0 bridgehead atoms. The molecule has 0 fully saturated rings. The number of nitrogens with one attached hydrogen (secondary N) is 1. The van der Waals surface area contributed by atoms with E-state index in [4.69, 9.17) is 0 Å². The third-order valence-electron chi connectivity index (χ3n) is 3.07. The molecule has 2 aromatic heterocycles. The molecule has 0 amide bonds. The van der Waals surface area contributed by atoms with E-state index >= 15 is 0 Å². The summed E-state index contributed by atoms with van der Waals surface area (Å²) < 4.78 is 3.26. The van der Waals surface area contributed by atoms with Crippen LogP contribution in [0.15, 0.2) is 39.2 Å². The van der Waals surface area contributed by atoms with Crippen molar-refractivity contribution in [3.05, 3.63) is 44.8 Å². The van der Waals surface area contributed by atoms with Gasteiger partial charge in [0.05, 0.1) is 13.1 Å². The van der Waals surface area contributed by atoms with Gasteiger partial charge in [-0.2, -0.15) is 0 Å². The lowest BCUT2D eigenvalue weighted by Crippen LogP contribution is -2.38. The first-order valence-electron chi connectivity index (χ1n) is 6.35. The van der Waals surface area contributed by atoms with Crippen molar-refractivity contribution in [2.75, 3.05) is 14.1 Å². The summed E-state index contributed by atoms with van der Waals surface area (Å²) in [6.45, 7) is 1.62. The van der Waals surface area contributed by atoms with Gasteiger partial charge in [-0.15, -0.1) is 11.3 Å². The molecule has 0 radical (unpaired) electrons. The fourth-order valence-corrected chi connectivity index (χ4v) is 3.37. The number of thiophene rings is 1. The summed E-state index contributed by atoms with van der Waals surface area (Å²) in [7, 11) is 5.92. The summed E-state index contributed by atoms with van der Waals surface area (Å²) >= 11 is 5.21. The Labute approximate surface area is 132 Å². The van der Waals surface area contributed by atoms with Gasteiger partial charge in [-0.05, 0) is 34.1 Å². The third-order valence-corrected chi connectivity index (χ3v) is 4.76. The number of guanidine groups is 1. The van der Waals surface area contributed by atoms with Crippen LogP contribution < -0.4 is 5.32 Å². The smallest absolute Gasteiger partial charge is 0.194 e. The van der Waals surface area contributed by atoms with Gasteiger partial charge in [0.25, 0.3) is 0 Å². The molecule has 2 rings (SSSR count). The molecule has 1 N–H and O–H groups in total. The van der Waals surface area contributed by atoms with Gasteiger partial charge in [0.2, 0.25) is 0 Å². The van der Waals surface area contributed by atoms with E-state index in [1.807, 2.05) is 14.1 Å². The largest absolute Gasteiger partial charge is 0.353 e. The molecule has 0 aromatic carbocycles. The molecular weight excluding hydrogens is 336 g/mol. The van der Waals surface area contributed by atoms with Crippen LogP contribution in [0.3, 0.4) is 0 Å². The molecular formula is C14H19BrN4S. The lowest BCUT2D eigenvalue weighted by atomic mass is 10.4. The average Bonchev–Trinajstić information content (AvgIpc) is 3.00. The number of halogens is 1. The molecule has 0 aliphatic rings. The number of hydrogen-bond acceptors (Lipinski definition) is 2. The number of aryl methyl sites for hydroxylation is 1. The van der Waals surface area contributed by atoms with Crippen LogP contribution in [0.4, 0.5) is 0 Å². The molecule has 20 heavy (non-hydrogen) atoms. The highest BCUT2D eigenvalue weighted by molar-refractivity contribution is 9.10. The third kappa shape index (κ3) is 3.86. The van der Waals surface area contributed by atoms with Gasteiger partial charge in [-0.1, -0.05) is 0 Å². The van der Waals surface area contributed by atoms with Crippen molar-refractivity contribution in [3.63, 3.8) is 0 Å². The Morgan fingerprint density at radius 3 is 2.90 bits per heavy atom. The van der Waals surface area contributed by atoms with Gasteiger partial charge in [-0.3, -0.25) is 4.99 Å². The number of rotatable bonds is 4. The second-order valence-corrected chi connectivity index (χ2v) is 6.51. The predicted molar refractivity (Wildman–Crippen MR) is 89.1 cm³/mol. The van der Waals surface area contributed by atoms with Gasteiger partial charge in [0, 0.05) is 47.8 Å². The Hall–Kier alpha value is -1.27. The molecule has 2 heterocycles. The van der Waals surface area contributed by atoms with E-state index in [2.05, 4.69) is 72.5 Å². The monoisotopic (exact) mass is 354 g/mol. The highest BCUT2D eigenvalue weighted by atomic mass is 79.9. The Morgan fingerprint density at radius 2 is 2.35 bits per heavy atom. The minimum Gasteiger partial charge on any atom is -0.353 e. The van der Waals surface area contributed by atoms with Crippen LogP contribution in [0, 0.1) is 0 Å². The van der Waals surface area contributed by atoms with Crippen molar-refractivity contribution in [2.45, 2.75) is 13.1 Å². The van der Waals surface area contributed by atoms with E-state index in [0.29, 0.717) is 0 Å². The van der Waals surface area contributed by atoms with E-state index in [1.54, 1.807) is 11.3 Å². The number of nitrogens with zero attached hydrogens (tertiary/aromatic N) is 3. The molecule has 0 spiro atoms. The predicted octanol–water partition coefficient (Wildman–Crippen LogP) is 3.06. The average molecular weight is 355 g/mol. The molecule has 0 atom stereocenters. The van der Waals surface area contributed by atoms with E-state index in [-0.39, 0.29) is 0 Å². The second-order valence-electron chi connectivity index (χ2n) is 4.60. The standard InChI is InChI=1S/C14H19BrN4S/c1-16-14(17-8-13-7-11(15)10-20-13)19(3)9-12-5-4-6-18(12)2/h4-7,10H,8-9H2,1-3H3,(H,16,17). The van der Waals surface area contributed by atoms with E-state index < -0.39 is 0 Å². The highest BCUT2D eigenvalue weighted by Crippen LogP contribution is 2.19. The van der Waals surface area contributed by atoms with Gasteiger partial charge < -0.3 is 14.8 Å². The molecule has 0 aliphatic heterocycles. The minimum absolute atomic E-state index is 0.792. The lowest BCUT2D eigenvalue weighted by Gasteiger charge is -2.22. The molecule has 0 aliphatic carbocycles. The van der Waals surface area contributed by atoms with Crippen LogP contribution in [0.25, 0.3) is 0 Å². The summed E-state index contributed by atoms with van der Waals surface area (Å²) in [6, 6.07) is 6.31. The summed E-state index contributed by atoms with van der Waals surface area (Å²) in [5.41, 5.74) is 1.26. The van der Waals surface area contributed by atoms with Crippen molar-refractivity contribution in [1.82, 2.24) is 14.8 Å². The quantitative estimate of drug-likeness (QED) is 0.675. The van der Waals surface area contributed by atoms with Crippen molar-refractivity contribution in [1.29, 1.82) is 0 Å². The van der Waals surface area contributed by atoms with Gasteiger partial charge in [-0.25, -0.2) is 0 Å². The molecule has 0 unspecified atom stereocenters. The first kappa shape index (κ1) is 15.1. The first-order chi connectivity index (χ1) is 9.60. The molecule has 108 valence electrons. The van der Waals surface area contributed by atoms with Crippen LogP contribution in [0.5, 0.6) is 0 Å². The fourth-order valence-electron chi connectivity index (χ4n) is 1.98. The summed E-state index contributed by atoms with van der Waals surface area (Å²) in [5, 5.41) is 5.48.